The van der Waals surface area contributed by atoms with Crippen molar-refractivity contribution in [2.45, 2.75) is 76.7 Å². The lowest BCUT2D eigenvalue weighted by Gasteiger charge is -2.46. The SMILES string of the molecule is C[C@@H]1COC2CC34C5C[C@@H](C(C)(C)C)C36CCOC6OC4(C(=O)O5)[C@]21O. The van der Waals surface area contributed by atoms with Crippen LogP contribution in [-0.4, -0.2) is 54.0 Å². The van der Waals surface area contributed by atoms with Crippen LogP contribution in [-0.2, 0) is 23.7 Å². The molecule has 6 heteroatoms. The third kappa shape index (κ3) is 1.20. The van der Waals surface area contributed by atoms with Crippen molar-refractivity contribution in [2.24, 2.45) is 28.1 Å². The largest absolute Gasteiger partial charge is 0.459 e. The van der Waals surface area contributed by atoms with Crippen molar-refractivity contribution in [3.63, 3.8) is 0 Å². The molecule has 6 fully saturated rings. The van der Waals surface area contributed by atoms with E-state index in [-0.39, 0.29) is 29.0 Å². The number of carbonyl (C=O) groups excluding carboxylic acids is 1. The molecular weight excluding hydrogens is 336 g/mol. The highest BCUT2D eigenvalue weighted by Crippen LogP contribution is 2.84. The lowest BCUT2D eigenvalue weighted by Crippen LogP contribution is -2.65. The quantitative estimate of drug-likeness (QED) is 0.659. The molecule has 0 aromatic carbocycles. The maximum Gasteiger partial charge on any atom is 0.342 e. The van der Waals surface area contributed by atoms with E-state index in [9.17, 15) is 9.90 Å². The predicted molar refractivity (Wildman–Crippen MR) is 89.0 cm³/mol. The zero-order chi connectivity index (χ0) is 18.3. The van der Waals surface area contributed by atoms with Gasteiger partial charge in [-0.05, 0) is 30.6 Å². The number of hydrogen-bond donors (Lipinski definition) is 1. The summed E-state index contributed by atoms with van der Waals surface area (Å²) in [7, 11) is 0. The topological polar surface area (TPSA) is 74.2 Å². The molecule has 4 heterocycles. The van der Waals surface area contributed by atoms with Crippen LogP contribution in [0.25, 0.3) is 0 Å². The Morgan fingerprint density at radius 3 is 2.69 bits per heavy atom. The van der Waals surface area contributed by atoms with Crippen molar-refractivity contribution >= 4 is 5.97 Å². The smallest absolute Gasteiger partial charge is 0.342 e. The van der Waals surface area contributed by atoms with Gasteiger partial charge in [0.25, 0.3) is 0 Å². The minimum absolute atomic E-state index is 0.0314. The first-order chi connectivity index (χ1) is 12.2. The summed E-state index contributed by atoms with van der Waals surface area (Å²) in [6, 6.07) is 0. The molecule has 0 amide bonds. The van der Waals surface area contributed by atoms with Crippen LogP contribution in [0.2, 0.25) is 0 Å². The van der Waals surface area contributed by atoms with Crippen LogP contribution in [0.4, 0.5) is 0 Å². The van der Waals surface area contributed by atoms with Gasteiger partial charge < -0.3 is 24.1 Å². The first-order valence-electron chi connectivity index (χ1n) is 10.0. The minimum atomic E-state index is -1.35. The van der Waals surface area contributed by atoms with E-state index in [0.717, 1.165) is 12.8 Å². The summed E-state index contributed by atoms with van der Waals surface area (Å²) < 4.78 is 24.6. The van der Waals surface area contributed by atoms with Gasteiger partial charge in [0.1, 0.15) is 11.7 Å². The second-order valence-electron chi connectivity index (χ2n) is 10.6. The second-order valence-corrected chi connectivity index (χ2v) is 10.6. The van der Waals surface area contributed by atoms with Gasteiger partial charge in [-0.1, -0.05) is 27.7 Å². The second kappa shape index (κ2) is 4.17. The molecule has 2 aliphatic carbocycles. The van der Waals surface area contributed by atoms with Gasteiger partial charge in [-0.3, -0.25) is 0 Å². The molecular formula is C20H28O6. The van der Waals surface area contributed by atoms with E-state index in [1.165, 1.54) is 0 Å². The molecule has 6 nitrogen and oxygen atoms in total. The van der Waals surface area contributed by atoms with E-state index in [1.807, 2.05) is 6.92 Å². The highest BCUT2D eigenvalue weighted by atomic mass is 16.7. The van der Waals surface area contributed by atoms with Crippen molar-refractivity contribution in [3.8, 4) is 0 Å². The summed E-state index contributed by atoms with van der Waals surface area (Å²) >= 11 is 0. The number of hydrogen-bond acceptors (Lipinski definition) is 6. The molecule has 6 unspecified atom stereocenters. The maximum atomic E-state index is 13.3. The van der Waals surface area contributed by atoms with Crippen molar-refractivity contribution in [1.82, 2.24) is 0 Å². The molecule has 2 saturated carbocycles. The molecule has 144 valence electrons. The third-order valence-corrected chi connectivity index (χ3v) is 9.01. The Morgan fingerprint density at radius 2 is 1.96 bits per heavy atom. The number of esters is 1. The monoisotopic (exact) mass is 364 g/mol. The van der Waals surface area contributed by atoms with E-state index < -0.39 is 28.9 Å². The van der Waals surface area contributed by atoms with Crippen molar-refractivity contribution in [2.75, 3.05) is 13.2 Å². The van der Waals surface area contributed by atoms with Gasteiger partial charge in [0.2, 0.25) is 5.60 Å². The number of carbonyl (C=O) groups is 1. The molecule has 0 radical (unpaired) electrons. The van der Waals surface area contributed by atoms with Crippen molar-refractivity contribution in [3.05, 3.63) is 0 Å². The summed E-state index contributed by atoms with van der Waals surface area (Å²) in [5.41, 5.74) is -3.51. The Morgan fingerprint density at radius 1 is 1.19 bits per heavy atom. The average Bonchev–Trinajstić information content (AvgIpc) is 3.28. The Kier molecular flexibility index (Phi) is 2.61. The van der Waals surface area contributed by atoms with Crippen LogP contribution in [0.1, 0.15) is 47.0 Å². The molecule has 0 aromatic heterocycles. The van der Waals surface area contributed by atoms with Crippen LogP contribution in [0, 0.1) is 28.1 Å². The molecule has 0 bridgehead atoms. The Bertz CT molecular complexity index is 716. The zero-order valence-electron chi connectivity index (χ0n) is 15.9. The highest BCUT2D eigenvalue weighted by Gasteiger charge is 2.97. The average molecular weight is 364 g/mol. The van der Waals surface area contributed by atoms with Gasteiger partial charge in [0.05, 0.1) is 24.7 Å². The van der Waals surface area contributed by atoms with Gasteiger partial charge in [-0.2, -0.15) is 0 Å². The van der Waals surface area contributed by atoms with Gasteiger partial charge >= 0.3 is 5.97 Å². The molecule has 6 aliphatic rings. The van der Waals surface area contributed by atoms with E-state index in [1.54, 1.807) is 0 Å². The summed E-state index contributed by atoms with van der Waals surface area (Å²) in [5.74, 6) is -0.266. The van der Waals surface area contributed by atoms with Gasteiger partial charge in [0, 0.05) is 11.3 Å². The Hall–Kier alpha value is -0.690. The zero-order valence-corrected chi connectivity index (χ0v) is 15.9. The molecule has 0 aromatic rings. The molecule has 4 aliphatic heterocycles. The van der Waals surface area contributed by atoms with E-state index >= 15 is 0 Å². The highest BCUT2D eigenvalue weighted by molar-refractivity contribution is 5.88. The molecule has 4 saturated heterocycles. The molecule has 26 heavy (non-hydrogen) atoms. The van der Waals surface area contributed by atoms with Crippen LogP contribution in [0.3, 0.4) is 0 Å². The Labute approximate surface area is 153 Å². The fourth-order valence-electron chi connectivity index (χ4n) is 8.28. The molecule has 9 atom stereocenters. The molecule has 6 rings (SSSR count). The van der Waals surface area contributed by atoms with Crippen molar-refractivity contribution in [1.29, 1.82) is 0 Å². The number of aliphatic hydroxyl groups is 1. The summed E-state index contributed by atoms with van der Waals surface area (Å²) in [6.07, 6.45) is 1.25. The maximum absolute atomic E-state index is 13.3. The van der Waals surface area contributed by atoms with Crippen LogP contribution >= 0.6 is 0 Å². The number of ether oxygens (including phenoxy) is 4. The lowest BCUT2D eigenvalue weighted by atomic mass is 9.52. The fourth-order valence-corrected chi connectivity index (χ4v) is 8.28. The van der Waals surface area contributed by atoms with Crippen LogP contribution in [0.5, 0.6) is 0 Å². The number of fused-ring (bicyclic) bond motifs is 1. The van der Waals surface area contributed by atoms with Gasteiger partial charge in [-0.15, -0.1) is 0 Å². The predicted octanol–water partition coefficient (Wildman–Crippen LogP) is 1.64. The van der Waals surface area contributed by atoms with E-state index in [4.69, 9.17) is 18.9 Å². The summed E-state index contributed by atoms with van der Waals surface area (Å²) in [6.45, 7) is 9.80. The first-order valence-corrected chi connectivity index (χ1v) is 10.0. The van der Waals surface area contributed by atoms with Gasteiger partial charge in [0.15, 0.2) is 6.29 Å². The first kappa shape index (κ1) is 16.3. The summed E-state index contributed by atoms with van der Waals surface area (Å²) in [5, 5.41) is 11.9. The van der Waals surface area contributed by atoms with E-state index in [0.29, 0.717) is 25.6 Å². The fraction of sp³-hybridized carbons (Fsp3) is 0.950. The van der Waals surface area contributed by atoms with Crippen molar-refractivity contribution < 1.29 is 28.8 Å². The molecule has 1 N–H and O–H groups in total. The van der Waals surface area contributed by atoms with E-state index in [2.05, 4.69) is 20.8 Å². The standard InChI is InChI=1S/C20H28O6/c1-10-9-24-13-8-18-12-7-11(16(2,3)4)17(18)5-6-23-15(17)26-20(18,14(21)25-12)19(10,13)22/h10-13,15,22H,5-9H2,1-4H3/t10-,11+,12?,13?,15?,17?,18?,19-,20?/m1/s1. The molecule has 2 spiro atoms. The summed E-state index contributed by atoms with van der Waals surface area (Å²) in [4.78, 5) is 13.3. The minimum Gasteiger partial charge on any atom is -0.459 e. The lowest BCUT2D eigenvalue weighted by molar-refractivity contribution is -0.239. The van der Waals surface area contributed by atoms with Crippen LogP contribution < -0.4 is 0 Å². The third-order valence-electron chi connectivity index (χ3n) is 9.01. The van der Waals surface area contributed by atoms with Gasteiger partial charge in [-0.25, -0.2) is 4.79 Å². The normalized spacial score (nSPS) is 62.2. The van der Waals surface area contributed by atoms with Crippen LogP contribution in [0.15, 0.2) is 0 Å². The Balaban J connectivity index is 1.65. The number of rotatable bonds is 0.